The quantitative estimate of drug-likeness (QED) is 0.562. The number of hydrogen-bond acceptors (Lipinski definition) is 3. The molecule has 1 saturated carbocycles. The summed E-state index contributed by atoms with van der Waals surface area (Å²) < 4.78 is 5.89. The molecule has 2 N–H and O–H groups in total. The molecule has 1 heterocycles. The van der Waals surface area contributed by atoms with E-state index < -0.39 is 5.97 Å². The van der Waals surface area contributed by atoms with E-state index in [1.807, 2.05) is 36.4 Å². The van der Waals surface area contributed by atoms with E-state index in [0.29, 0.717) is 12.5 Å². The van der Waals surface area contributed by atoms with Gasteiger partial charge < -0.3 is 9.84 Å². The Labute approximate surface area is 163 Å². The molecular formula is C23H22N2O3. The van der Waals surface area contributed by atoms with Crippen LogP contribution in [0.2, 0.25) is 0 Å². The minimum absolute atomic E-state index is 0.560. The Kier molecular flexibility index (Phi) is 5.24. The third kappa shape index (κ3) is 4.49. The molecule has 0 bridgehead atoms. The van der Waals surface area contributed by atoms with Crippen molar-refractivity contribution < 1.29 is 14.6 Å². The summed E-state index contributed by atoms with van der Waals surface area (Å²) in [7, 11) is 0. The van der Waals surface area contributed by atoms with Gasteiger partial charge in [0, 0.05) is 18.7 Å². The summed E-state index contributed by atoms with van der Waals surface area (Å²) in [6.07, 6.45) is 7.80. The van der Waals surface area contributed by atoms with Crippen LogP contribution in [0.4, 0.5) is 0 Å². The minimum atomic E-state index is -0.919. The number of rotatable bonds is 8. The molecule has 1 fully saturated rings. The Bertz CT molecular complexity index is 972. The summed E-state index contributed by atoms with van der Waals surface area (Å²) in [5.74, 6) is 0.480. The molecule has 0 spiro atoms. The summed E-state index contributed by atoms with van der Waals surface area (Å²) in [4.78, 5) is 10.8. The molecule has 28 heavy (non-hydrogen) atoms. The molecule has 5 heteroatoms. The maximum atomic E-state index is 10.8. The molecule has 0 amide bonds. The van der Waals surface area contributed by atoms with Crippen LogP contribution >= 0.6 is 0 Å². The molecule has 5 nitrogen and oxygen atoms in total. The summed E-state index contributed by atoms with van der Waals surface area (Å²) in [5, 5.41) is 15.8. The van der Waals surface area contributed by atoms with Crippen molar-refractivity contribution >= 4 is 12.0 Å². The molecule has 4 rings (SSSR count). The minimum Gasteiger partial charge on any atom is -0.493 e. The first-order chi connectivity index (χ1) is 13.7. The number of aliphatic carboxylic acids is 1. The van der Waals surface area contributed by atoms with E-state index in [1.165, 1.54) is 30.0 Å². The molecule has 0 atom stereocenters. The number of aromatic nitrogens is 2. The van der Waals surface area contributed by atoms with Crippen LogP contribution in [0.3, 0.4) is 0 Å². The number of H-pyrrole nitrogens is 1. The Hall–Kier alpha value is -3.34. The van der Waals surface area contributed by atoms with Gasteiger partial charge in [-0.2, -0.15) is 5.10 Å². The molecule has 0 aliphatic heterocycles. The number of ether oxygens (including phenoxy) is 1. The van der Waals surface area contributed by atoms with Gasteiger partial charge in [-0.1, -0.05) is 18.2 Å². The highest BCUT2D eigenvalue weighted by atomic mass is 16.5. The van der Waals surface area contributed by atoms with Crippen LogP contribution in [-0.2, 0) is 11.2 Å². The highest BCUT2D eigenvalue weighted by Crippen LogP contribution is 2.42. The molecule has 2 aromatic carbocycles. The van der Waals surface area contributed by atoms with Gasteiger partial charge in [0.1, 0.15) is 5.75 Å². The van der Waals surface area contributed by atoms with Crippen molar-refractivity contribution in [2.45, 2.75) is 25.2 Å². The van der Waals surface area contributed by atoms with E-state index in [1.54, 1.807) is 12.3 Å². The standard InChI is InChI=1S/C23H22N2O3/c26-23(27)10-7-17-2-1-16(15-21(17)18-3-4-18)12-14-28-20-8-5-19(6-9-20)22-11-13-24-25-22/h1-2,5-11,13,15,18H,3-4,12,14H2,(H,24,25)(H,26,27)/b10-7+. The average Bonchev–Trinajstić information content (AvgIpc) is 3.41. The van der Waals surface area contributed by atoms with Crippen LogP contribution in [0.5, 0.6) is 5.75 Å². The fraction of sp³-hybridized carbons (Fsp3) is 0.217. The van der Waals surface area contributed by atoms with Crippen LogP contribution in [0.15, 0.2) is 60.8 Å². The van der Waals surface area contributed by atoms with Gasteiger partial charge in [-0.05, 0) is 77.4 Å². The number of nitrogens with one attached hydrogen (secondary N) is 1. The number of nitrogens with zero attached hydrogens (tertiary/aromatic N) is 1. The number of carboxylic acids is 1. The third-order valence-corrected chi connectivity index (χ3v) is 4.90. The lowest BCUT2D eigenvalue weighted by Gasteiger charge is -2.10. The lowest BCUT2D eigenvalue weighted by molar-refractivity contribution is -0.131. The van der Waals surface area contributed by atoms with Crippen LogP contribution in [0.1, 0.15) is 35.4 Å². The maximum Gasteiger partial charge on any atom is 0.328 e. The summed E-state index contributed by atoms with van der Waals surface area (Å²) >= 11 is 0. The van der Waals surface area contributed by atoms with Crippen LogP contribution < -0.4 is 4.74 Å². The zero-order valence-electron chi connectivity index (χ0n) is 15.5. The Morgan fingerprint density at radius 1 is 1.18 bits per heavy atom. The average molecular weight is 374 g/mol. The normalized spacial score (nSPS) is 13.7. The van der Waals surface area contributed by atoms with Crippen molar-refractivity contribution in [1.82, 2.24) is 10.2 Å². The van der Waals surface area contributed by atoms with Crippen molar-refractivity contribution in [2.75, 3.05) is 6.61 Å². The first-order valence-electron chi connectivity index (χ1n) is 9.45. The summed E-state index contributed by atoms with van der Waals surface area (Å²) in [5.41, 5.74) is 5.52. The van der Waals surface area contributed by atoms with Gasteiger partial charge in [0.2, 0.25) is 0 Å². The molecule has 0 radical (unpaired) electrons. The lowest BCUT2D eigenvalue weighted by Crippen LogP contribution is -2.02. The van der Waals surface area contributed by atoms with Gasteiger partial charge in [0.15, 0.2) is 0 Å². The molecule has 142 valence electrons. The fourth-order valence-electron chi connectivity index (χ4n) is 3.27. The van der Waals surface area contributed by atoms with Crippen LogP contribution in [0, 0.1) is 0 Å². The van der Waals surface area contributed by atoms with Crippen molar-refractivity contribution in [2.24, 2.45) is 0 Å². The van der Waals surface area contributed by atoms with Gasteiger partial charge >= 0.3 is 5.97 Å². The van der Waals surface area contributed by atoms with Crippen molar-refractivity contribution in [1.29, 1.82) is 0 Å². The smallest absolute Gasteiger partial charge is 0.328 e. The van der Waals surface area contributed by atoms with Gasteiger partial charge in [-0.15, -0.1) is 0 Å². The number of aromatic amines is 1. The van der Waals surface area contributed by atoms with Gasteiger partial charge in [-0.25, -0.2) is 4.79 Å². The van der Waals surface area contributed by atoms with E-state index in [9.17, 15) is 4.79 Å². The predicted octanol–water partition coefficient (Wildman–Crippen LogP) is 4.67. The molecule has 3 aromatic rings. The Morgan fingerprint density at radius 2 is 2.00 bits per heavy atom. The van der Waals surface area contributed by atoms with E-state index in [0.717, 1.165) is 29.0 Å². The first-order valence-corrected chi connectivity index (χ1v) is 9.45. The molecule has 0 unspecified atom stereocenters. The van der Waals surface area contributed by atoms with E-state index in [2.05, 4.69) is 22.3 Å². The van der Waals surface area contributed by atoms with Crippen molar-refractivity contribution in [3.05, 3.63) is 77.5 Å². The van der Waals surface area contributed by atoms with Crippen LogP contribution in [0.25, 0.3) is 17.3 Å². The van der Waals surface area contributed by atoms with Gasteiger partial charge in [0.05, 0.1) is 12.3 Å². The predicted molar refractivity (Wildman–Crippen MR) is 108 cm³/mol. The fourth-order valence-corrected chi connectivity index (χ4v) is 3.27. The van der Waals surface area contributed by atoms with E-state index in [4.69, 9.17) is 9.84 Å². The maximum absolute atomic E-state index is 10.8. The topological polar surface area (TPSA) is 75.2 Å². The largest absolute Gasteiger partial charge is 0.493 e. The van der Waals surface area contributed by atoms with Crippen LogP contribution in [-0.4, -0.2) is 27.9 Å². The molecule has 0 saturated heterocycles. The number of carbonyl (C=O) groups is 1. The second-order valence-electron chi connectivity index (χ2n) is 7.00. The van der Waals surface area contributed by atoms with Crippen molar-refractivity contribution in [3.63, 3.8) is 0 Å². The zero-order valence-corrected chi connectivity index (χ0v) is 15.5. The van der Waals surface area contributed by atoms with Gasteiger partial charge in [-0.3, -0.25) is 5.10 Å². The molecule has 1 aliphatic carbocycles. The monoisotopic (exact) mass is 374 g/mol. The van der Waals surface area contributed by atoms with Crippen molar-refractivity contribution in [3.8, 4) is 17.0 Å². The number of carboxylic acid groups (broad SMARTS) is 1. The second kappa shape index (κ2) is 8.13. The summed E-state index contributed by atoms with van der Waals surface area (Å²) in [6.45, 7) is 0.595. The Morgan fingerprint density at radius 3 is 2.68 bits per heavy atom. The molecular weight excluding hydrogens is 352 g/mol. The lowest BCUT2D eigenvalue weighted by atomic mass is 9.98. The van der Waals surface area contributed by atoms with E-state index >= 15 is 0 Å². The van der Waals surface area contributed by atoms with Gasteiger partial charge in [0.25, 0.3) is 0 Å². The summed E-state index contributed by atoms with van der Waals surface area (Å²) in [6, 6.07) is 16.2. The molecule has 1 aromatic heterocycles. The second-order valence-corrected chi connectivity index (χ2v) is 7.00. The number of hydrogen-bond donors (Lipinski definition) is 2. The third-order valence-electron chi connectivity index (χ3n) is 4.90. The molecule has 1 aliphatic rings. The highest BCUT2D eigenvalue weighted by molar-refractivity contribution is 5.85. The Balaban J connectivity index is 1.37. The number of benzene rings is 2. The van der Waals surface area contributed by atoms with E-state index in [-0.39, 0.29) is 0 Å². The SMILES string of the molecule is O=C(O)/C=C/c1ccc(CCOc2ccc(-c3ccn[nH]3)cc2)cc1C1CC1. The zero-order chi connectivity index (χ0) is 19.3. The first kappa shape index (κ1) is 18.0. The highest BCUT2D eigenvalue weighted by Gasteiger charge is 2.25.